The number of pyridine rings is 1. The molecule has 0 aliphatic rings. The number of hydrogen-bond donors (Lipinski definition) is 2. The quantitative estimate of drug-likeness (QED) is 0.382. The molecule has 1 aromatic heterocycles. The van der Waals surface area contributed by atoms with Crippen LogP contribution in [-0.2, 0) is 17.7 Å². The van der Waals surface area contributed by atoms with Crippen LogP contribution in [0.2, 0.25) is 0 Å². The highest BCUT2D eigenvalue weighted by Gasteiger charge is 2.06. The molecule has 1 heterocycles. The second-order valence-corrected chi connectivity index (χ2v) is 6.23. The third kappa shape index (κ3) is 7.66. The number of nitrogens with one attached hydrogen (secondary N) is 2. The van der Waals surface area contributed by atoms with E-state index in [0.717, 1.165) is 42.4 Å². The van der Waals surface area contributed by atoms with Crippen LogP contribution in [-0.4, -0.2) is 44.9 Å². The zero-order valence-electron chi connectivity index (χ0n) is 16.5. The molecule has 2 N–H and O–H groups in total. The van der Waals surface area contributed by atoms with E-state index in [1.165, 1.54) is 5.56 Å². The minimum atomic E-state index is 0.640. The van der Waals surface area contributed by atoms with Gasteiger partial charge in [0.25, 0.3) is 0 Å². The molecule has 0 aliphatic carbocycles. The minimum absolute atomic E-state index is 0.640. The second kappa shape index (κ2) is 11.9. The lowest BCUT2D eigenvalue weighted by molar-refractivity contribution is 0.172. The molecule has 1 aromatic carbocycles. The molecule has 0 amide bonds. The molecule has 0 unspecified atom stereocenters. The highest BCUT2D eigenvalue weighted by molar-refractivity contribution is 5.79. The van der Waals surface area contributed by atoms with Crippen molar-refractivity contribution in [1.29, 1.82) is 0 Å². The first-order valence-corrected chi connectivity index (χ1v) is 9.28. The van der Waals surface area contributed by atoms with Crippen LogP contribution in [0, 0.1) is 6.92 Å². The molecule has 0 spiro atoms. The number of hydrogen-bond acceptors (Lipinski definition) is 4. The number of aryl methyl sites for hydroxylation is 1. The van der Waals surface area contributed by atoms with Gasteiger partial charge in [0.2, 0.25) is 0 Å². The molecule has 146 valence electrons. The average molecular weight is 370 g/mol. The maximum absolute atomic E-state index is 5.94. The summed E-state index contributed by atoms with van der Waals surface area (Å²) in [6.07, 6.45) is 3.53. The van der Waals surface area contributed by atoms with E-state index in [0.29, 0.717) is 19.8 Å². The van der Waals surface area contributed by atoms with E-state index in [9.17, 15) is 0 Å². The van der Waals surface area contributed by atoms with Crippen LogP contribution in [0.15, 0.2) is 47.6 Å². The summed E-state index contributed by atoms with van der Waals surface area (Å²) in [5.74, 6) is 1.67. The number of rotatable bonds is 10. The van der Waals surface area contributed by atoms with Gasteiger partial charge in [0.1, 0.15) is 5.75 Å². The maximum atomic E-state index is 5.94. The van der Waals surface area contributed by atoms with Crippen LogP contribution in [0.4, 0.5) is 0 Å². The summed E-state index contributed by atoms with van der Waals surface area (Å²) in [5.41, 5.74) is 3.34. The Kier molecular flexibility index (Phi) is 9.13. The number of aliphatic imine (C=N–C) groups is 1. The molecule has 0 fully saturated rings. The van der Waals surface area contributed by atoms with Gasteiger partial charge in [0.05, 0.1) is 6.61 Å². The van der Waals surface area contributed by atoms with Crippen LogP contribution >= 0.6 is 0 Å². The molecule has 0 bridgehead atoms. The Morgan fingerprint density at radius 3 is 2.78 bits per heavy atom. The highest BCUT2D eigenvalue weighted by Crippen LogP contribution is 2.20. The summed E-state index contributed by atoms with van der Waals surface area (Å²) in [4.78, 5) is 8.62. The summed E-state index contributed by atoms with van der Waals surface area (Å²) in [5, 5.41) is 6.67. The molecule has 2 rings (SSSR count). The molecule has 6 nitrogen and oxygen atoms in total. The predicted molar refractivity (Wildman–Crippen MR) is 109 cm³/mol. The molecule has 6 heteroatoms. The van der Waals surface area contributed by atoms with E-state index in [-0.39, 0.29) is 0 Å². The van der Waals surface area contributed by atoms with Crippen LogP contribution in [0.3, 0.4) is 0 Å². The number of benzene rings is 1. The van der Waals surface area contributed by atoms with Crippen molar-refractivity contribution in [3.63, 3.8) is 0 Å². The topological polar surface area (TPSA) is 67.8 Å². The van der Waals surface area contributed by atoms with Gasteiger partial charge in [-0.2, -0.15) is 0 Å². The van der Waals surface area contributed by atoms with Gasteiger partial charge in [-0.3, -0.25) is 9.98 Å². The number of ether oxygens (including phenoxy) is 2. The zero-order valence-corrected chi connectivity index (χ0v) is 16.5. The van der Waals surface area contributed by atoms with E-state index in [2.05, 4.69) is 45.7 Å². The van der Waals surface area contributed by atoms with Crippen molar-refractivity contribution in [1.82, 2.24) is 15.6 Å². The number of aromatic nitrogens is 1. The van der Waals surface area contributed by atoms with Crippen LogP contribution in [0.25, 0.3) is 0 Å². The van der Waals surface area contributed by atoms with E-state index in [1.807, 2.05) is 24.4 Å². The van der Waals surface area contributed by atoms with Crippen molar-refractivity contribution < 1.29 is 9.47 Å². The molecule has 2 aromatic rings. The predicted octanol–water partition coefficient (Wildman–Crippen LogP) is 2.71. The van der Waals surface area contributed by atoms with Crippen molar-refractivity contribution >= 4 is 5.96 Å². The number of methoxy groups -OCH3 is 1. The Morgan fingerprint density at radius 2 is 2.04 bits per heavy atom. The van der Waals surface area contributed by atoms with Gasteiger partial charge >= 0.3 is 0 Å². The summed E-state index contributed by atoms with van der Waals surface area (Å²) >= 11 is 0. The van der Waals surface area contributed by atoms with Crippen molar-refractivity contribution in [3.05, 3.63) is 59.4 Å². The molecule has 27 heavy (non-hydrogen) atoms. The van der Waals surface area contributed by atoms with Gasteiger partial charge in [-0.05, 0) is 30.7 Å². The first kappa shape index (κ1) is 20.7. The number of guanidine groups is 1. The fourth-order valence-electron chi connectivity index (χ4n) is 2.58. The van der Waals surface area contributed by atoms with Gasteiger partial charge in [-0.15, -0.1) is 0 Å². The first-order valence-electron chi connectivity index (χ1n) is 9.28. The monoisotopic (exact) mass is 370 g/mol. The van der Waals surface area contributed by atoms with Crippen LogP contribution < -0.4 is 15.4 Å². The average Bonchev–Trinajstić information content (AvgIpc) is 2.69. The van der Waals surface area contributed by atoms with Crippen molar-refractivity contribution in [2.24, 2.45) is 4.99 Å². The van der Waals surface area contributed by atoms with Crippen molar-refractivity contribution in [3.8, 4) is 5.75 Å². The third-order valence-corrected chi connectivity index (χ3v) is 4.04. The first-order chi connectivity index (χ1) is 13.2. The standard InChI is InChI=1S/C21H30N4O2/c1-17-8-9-18(20(15-17)27-14-6-13-26-3)16-25-21(22-2)24-12-10-19-7-4-5-11-23-19/h4-5,7-9,11,15H,6,10,12-14,16H2,1-3H3,(H2,22,24,25). The molecule has 0 saturated heterocycles. The Labute approximate surface area is 162 Å². The Morgan fingerprint density at radius 1 is 1.15 bits per heavy atom. The van der Waals surface area contributed by atoms with E-state index >= 15 is 0 Å². The lowest BCUT2D eigenvalue weighted by Crippen LogP contribution is -2.38. The lowest BCUT2D eigenvalue weighted by Gasteiger charge is -2.15. The van der Waals surface area contributed by atoms with Gasteiger partial charge < -0.3 is 20.1 Å². The fourth-order valence-corrected chi connectivity index (χ4v) is 2.58. The molecular weight excluding hydrogens is 340 g/mol. The Hall–Kier alpha value is -2.60. The molecule has 0 saturated carbocycles. The van der Waals surface area contributed by atoms with Gasteiger partial charge in [-0.25, -0.2) is 0 Å². The summed E-state index contributed by atoms with van der Waals surface area (Å²) < 4.78 is 11.0. The zero-order chi connectivity index (χ0) is 19.3. The van der Waals surface area contributed by atoms with Crippen molar-refractivity contribution in [2.45, 2.75) is 26.3 Å². The van der Waals surface area contributed by atoms with E-state index < -0.39 is 0 Å². The van der Waals surface area contributed by atoms with Crippen molar-refractivity contribution in [2.75, 3.05) is 33.9 Å². The maximum Gasteiger partial charge on any atom is 0.191 e. The third-order valence-electron chi connectivity index (χ3n) is 4.04. The molecule has 0 radical (unpaired) electrons. The summed E-state index contributed by atoms with van der Waals surface area (Å²) in [7, 11) is 3.47. The Balaban J connectivity index is 1.84. The molecular formula is C21H30N4O2. The van der Waals surface area contributed by atoms with E-state index in [1.54, 1.807) is 14.2 Å². The Bertz CT molecular complexity index is 705. The second-order valence-electron chi connectivity index (χ2n) is 6.23. The van der Waals surface area contributed by atoms with Gasteiger partial charge in [-0.1, -0.05) is 18.2 Å². The molecule has 0 aliphatic heterocycles. The smallest absolute Gasteiger partial charge is 0.191 e. The minimum Gasteiger partial charge on any atom is -0.493 e. The van der Waals surface area contributed by atoms with Gasteiger partial charge in [0, 0.05) is 64.1 Å². The normalized spacial score (nSPS) is 11.3. The van der Waals surface area contributed by atoms with Crippen LogP contribution in [0.5, 0.6) is 5.75 Å². The number of nitrogens with zero attached hydrogens (tertiary/aromatic N) is 2. The highest BCUT2D eigenvalue weighted by atomic mass is 16.5. The SMILES string of the molecule is CN=C(NCCc1ccccn1)NCc1ccc(C)cc1OCCCOC. The van der Waals surface area contributed by atoms with Gasteiger partial charge in [0.15, 0.2) is 5.96 Å². The summed E-state index contributed by atoms with van der Waals surface area (Å²) in [6, 6.07) is 12.2. The molecule has 0 atom stereocenters. The van der Waals surface area contributed by atoms with E-state index in [4.69, 9.17) is 9.47 Å². The van der Waals surface area contributed by atoms with Crippen LogP contribution in [0.1, 0.15) is 23.2 Å². The lowest BCUT2D eigenvalue weighted by atomic mass is 10.1. The summed E-state index contributed by atoms with van der Waals surface area (Å²) in [6.45, 7) is 4.82. The fraction of sp³-hybridized carbons (Fsp3) is 0.429. The largest absolute Gasteiger partial charge is 0.493 e.